The first-order chi connectivity index (χ1) is 10.4. The highest BCUT2D eigenvalue weighted by Crippen LogP contribution is 2.47. The van der Waals surface area contributed by atoms with Crippen molar-refractivity contribution in [3.05, 3.63) is 23.3 Å². The lowest BCUT2D eigenvalue weighted by Gasteiger charge is -2.39. The fourth-order valence-corrected chi connectivity index (χ4v) is 3.70. The predicted molar refractivity (Wildman–Crippen MR) is 92.1 cm³/mol. The highest BCUT2D eigenvalue weighted by Gasteiger charge is 2.37. The molecule has 1 aromatic carbocycles. The molecular formula is C19H31NO2. The number of hydrogen-bond acceptors (Lipinski definition) is 3. The van der Waals surface area contributed by atoms with Gasteiger partial charge in [-0.1, -0.05) is 40.0 Å². The van der Waals surface area contributed by atoms with Gasteiger partial charge in [-0.2, -0.15) is 0 Å². The maximum absolute atomic E-state index is 6.25. The molecular weight excluding hydrogens is 274 g/mol. The minimum absolute atomic E-state index is 0.000904. The number of benzene rings is 1. The van der Waals surface area contributed by atoms with Crippen LogP contribution in [0.4, 0.5) is 0 Å². The quantitative estimate of drug-likeness (QED) is 0.908. The maximum atomic E-state index is 6.25. The molecule has 124 valence electrons. The van der Waals surface area contributed by atoms with Gasteiger partial charge in [0.15, 0.2) is 0 Å². The van der Waals surface area contributed by atoms with Gasteiger partial charge in [-0.05, 0) is 30.4 Å². The van der Waals surface area contributed by atoms with E-state index in [0.717, 1.165) is 24.3 Å². The fourth-order valence-electron chi connectivity index (χ4n) is 3.70. The van der Waals surface area contributed by atoms with E-state index in [9.17, 15) is 0 Å². The summed E-state index contributed by atoms with van der Waals surface area (Å²) in [6.45, 7) is 7.30. The number of methoxy groups -OCH3 is 2. The zero-order chi connectivity index (χ0) is 16.4. The third kappa shape index (κ3) is 3.10. The molecule has 0 amide bonds. The van der Waals surface area contributed by atoms with E-state index < -0.39 is 0 Å². The van der Waals surface area contributed by atoms with Crippen LogP contribution in [-0.2, 0) is 10.8 Å². The Kier molecular flexibility index (Phi) is 5.06. The molecule has 0 radical (unpaired) electrons. The van der Waals surface area contributed by atoms with E-state index in [-0.39, 0.29) is 10.8 Å². The Morgan fingerprint density at radius 2 is 1.68 bits per heavy atom. The summed E-state index contributed by atoms with van der Waals surface area (Å²) in [5.41, 5.74) is 8.71. The Labute approximate surface area is 135 Å². The molecule has 0 aromatic heterocycles. The third-order valence-electron chi connectivity index (χ3n) is 5.08. The molecule has 1 aliphatic rings. The number of nitrogens with two attached hydrogens (primary N) is 1. The summed E-state index contributed by atoms with van der Waals surface area (Å²) in [7, 11) is 3.50. The molecule has 0 bridgehead atoms. The lowest BCUT2D eigenvalue weighted by atomic mass is 9.68. The van der Waals surface area contributed by atoms with Crippen LogP contribution in [-0.4, -0.2) is 20.8 Å². The van der Waals surface area contributed by atoms with Gasteiger partial charge in [-0.25, -0.2) is 0 Å². The first kappa shape index (κ1) is 17.1. The lowest BCUT2D eigenvalue weighted by Crippen LogP contribution is -2.38. The molecule has 1 saturated carbocycles. The summed E-state index contributed by atoms with van der Waals surface area (Å²) in [4.78, 5) is 0. The largest absolute Gasteiger partial charge is 0.497 e. The van der Waals surface area contributed by atoms with Gasteiger partial charge in [0.05, 0.1) is 14.2 Å². The van der Waals surface area contributed by atoms with Crippen molar-refractivity contribution in [2.75, 3.05) is 20.8 Å². The first-order valence-electron chi connectivity index (χ1n) is 8.35. The predicted octanol–water partition coefficient (Wildman–Crippen LogP) is 4.16. The van der Waals surface area contributed by atoms with Crippen LogP contribution < -0.4 is 15.2 Å². The van der Waals surface area contributed by atoms with E-state index in [4.69, 9.17) is 15.2 Å². The standard InChI is InChI=1S/C19H31NO2/c1-18(2,3)15-11-14(21-4)12-16(17(15)22-5)19(13-20)9-7-6-8-10-19/h11-12H,6-10,13,20H2,1-5H3. The molecule has 0 unspecified atom stereocenters. The molecule has 1 aliphatic carbocycles. The van der Waals surface area contributed by atoms with Gasteiger partial charge in [0.1, 0.15) is 11.5 Å². The summed E-state index contributed by atoms with van der Waals surface area (Å²) in [5, 5.41) is 0. The third-order valence-corrected chi connectivity index (χ3v) is 5.08. The highest BCUT2D eigenvalue weighted by molar-refractivity contribution is 5.53. The second-order valence-electron chi connectivity index (χ2n) is 7.55. The average Bonchev–Trinajstić information content (AvgIpc) is 2.53. The normalized spacial score (nSPS) is 18.1. The molecule has 2 rings (SSSR count). The molecule has 2 N–H and O–H groups in total. The van der Waals surface area contributed by atoms with Gasteiger partial charge in [-0.15, -0.1) is 0 Å². The summed E-state index contributed by atoms with van der Waals surface area (Å²) >= 11 is 0. The van der Waals surface area contributed by atoms with Crippen LogP contribution in [0, 0.1) is 0 Å². The fraction of sp³-hybridized carbons (Fsp3) is 0.684. The molecule has 3 heteroatoms. The Morgan fingerprint density at radius 1 is 1.05 bits per heavy atom. The summed E-state index contributed by atoms with van der Waals surface area (Å²) < 4.78 is 11.4. The van der Waals surface area contributed by atoms with Crippen LogP contribution in [0.15, 0.2) is 12.1 Å². The monoisotopic (exact) mass is 305 g/mol. The van der Waals surface area contributed by atoms with E-state index in [1.807, 2.05) is 0 Å². The summed E-state index contributed by atoms with van der Waals surface area (Å²) in [6.07, 6.45) is 6.05. The van der Waals surface area contributed by atoms with Gasteiger partial charge in [0.2, 0.25) is 0 Å². The molecule has 0 saturated heterocycles. The van der Waals surface area contributed by atoms with Crippen molar-refractivity contribution < 1.29 is 9.47 Å². The topological polar surface area (TPSA) is 44.5 Å². The van der Waals surface area contributed by atoms with Crippen molar-refractivity contribution in [3.63, 3.8) is 0 Å². The van der Waals surface area contributed by atoms with Crippen LogP contribution in [0.1, 0.15) is 64.0 Å². The Hall–Kier alpha value is -1.22. The van der Waals surface area contributed by atoms with Crippen LogP contribution in [0.2, 0.25) is 0 Å². The van der Waals surface area contributed by atoms with Crippen molar-refractivity contribution in [2.45, 2.75) is 63.7 Å². The second kappa shape index (κ2) is 6.49. The van der Waals surface area contributed by atoms with Crippen LogP contribution in [0.3, 0.4) is 0 Å². The molecule has 0 atom stereocenters. The number of hydrogen-bond donors (Lipinski definition) is 1. The summed E-state index contributed by atoms with van der Waals surface area (Å²) in [5.74, 6) is 1.90. The minimum atomic E-state index is -0.000904. The molecule has 3 nitrogen and oxygen atoms in total. The van der Waals surface area contributed by atoms with Crippen molar-refractivity contribution >= 4 is 0 Å². The number of rotatable bonds is 4. The smallest absolute Gasteiger partial charge is 0.126 e. The SMILES string of the molecule is COc1cc(C(C)(C)C)c(OC)c(C2(CN)CCCCC2)c1. The molecule has 1 aromatic rings. The molecule has 22 heavy (non-hydrogen) atoms. The van der Waals surface area contributed by atoms with Gasteiger partial charge >= 0.3 is 0 Å². The lowest BCUT2D eigenvalue weighted by molar-refractivity contribution is 0.283. The van der Waals surface area contributed by atoms with Crippen molar-refractivity contribution in [1.82, 2.24) is 0 Å². The van der Waals surface area contributed by atoms with E-state index >= 15 is 0 Å². The van der Waals surface area contributed by atoms with Crippen LogP contribution in [0.5, 0.6) is 11.5 Å². The van der Waals surface area contributed by atoms with E-state index in [1.165, 1.54) is 30.4 Å². The number of ether oxygens (including phenoxy) is 2. The first-order valence-corrected chi connectivity index (χ1v) is 8.35. The van der Waals surface area contributed by atoms with E-state index in [0.29, 0.717) is 6.54 Å². The Balaban J connectivity index is 2.67. The zero-order valence-electron chi connectivity index (χ0n) is 14.8. The second-order valence-corrected chi connectivity index (χ2v) is 7.55. The van der Waals surface area contributed by atoms with E-state index in [2.05, 4.69) is 32.9 Å². The summed E-state index contributed by atoms with van der Waals surface area (Å²) in [6, 6.07) is 4.25. The minimum Gasteiger partial charge on any atom is -0.497 e. The Morgan fingerprint density at radius 3 is 2.14 bits per heavy atom. The molecule has 0 aliphatic heterocycles. The maximum Gasteiger partial charge on any atom is 0.126 e. The molecule has 1 fully saturated rings. The van der Waals surface area contributed by atoms with Gasteiger partial charge in [0, 0.05) is 23.1 Å². The van der Waals surface area contributed by atoms with Crippen LogP contribution >= 0.6 is 0 Å². The molecule has 0 heterocycles. The van der Waals surface area contributed by atoms with Gasteiger partial charge in [0.25, 0.3) is 0 Å². The average molecular weight is 305 g/mol. The zero-order valence-corrected chi connectivity index (χ0v) is 14.8. The highest BCUT2D eigenvalue weighted by atomic mass is 16.5. The van der Waals surface area contributed by atoms with Crippen molar-refractivity contribution in [3.8, 4) is 11.5 Å². The van der Waals surface area contributed by atoms with Crippen LogP contribution in [0.25, 0.3) is 0 Å². The van der Waals surface area contributed by atoms with E-state index in [1.54, 1.807) is 14.2 Å². The Bertz CT molecular complexity index is 511. The molecule has 0 spiro atoms. The van der Waals surface area contributed by atoms with Crippen molar-refractivity contribution in [2.24, 2.45) is 5.73 Å². The van der Waals surface area contributed by atoms with Crippen molar-refractivity contribution in [1.29, 1.82) is 0 Å². The van der Waals surface area contributed by atoms with Gasteiger partial charge < -0.3 is 15.2 Å². The van der Waals surface area contributed by atoms with Gasteiger partial charge in [-0.3, -0.25) is 0 Å².